The number of hydrazine groups is 1. The molecule has 0 spiro atoms. The third kappa shape index (κ3) is 4.61. The molecule has 0 atom stereocenters. The second kappa shape index (κ2) is 9.32. The van der Waals surface area contributed by atoms with Crippen molar-refractivity contribution < 1.29 is 0 Å². The van der Waals surface area contributed by atoms with Crippen LogP contribution in [0.25, 0.3) is 22.4 Å². The standard InChI is InChI=1S/C26H25N5O/c1-17-7-11-20(12-8-17)22-16-23(29-26(32)24(22)25(27)30-31-28)21-13-9-19(10-14-21)15-18-5-3-2-4-6-18/h2-14,16,31H,15,28H2,1H3,(H2,27,30)(H,29,32). The Morgan fingerprint density at radius 1 is 0.906 bits per heavy atom. The summed E-state index contributed by atoms with van der Waals surface area (Å²) in [5.74, 6) is 5.31. The molecule has 1 heterocycles. The van der Waals surface area contributed by atoms with Crippen LogP contribution in [0.15, 0.2) is 94.8 Å². The Bertz CT molecular complexity index is 1290. The van der Waals surface area contributed by atoms with Gasteiger partial charge in [-0.3, -0.25) is 4.79 Å². The average Bonchev–Trinajstić information content (AvgIpc) is 2.80. The number of pyridine rings is 1. The molecule has 32 heavy (non-hydrogen) atoms. The first-order valence-electron chi connectivity index (χ1n) is 10.3. The second-order valence-electron chi connectivity index (χ2n) is 7.65. The molecule has 0 unspecified atom stereocenters. The van der Waals surface area contributed by atoms with Gasteiger partial charge in [0.15, 0.2) is 5.84 Å². The molecule has 0 aliphatic carbocycles. The van der Waals surface area contributed by atoms with Gasteiger partial charge in [-0.1, -0.05) is 84.4 Å². The highest BCUT2D eigenvalue weighted by Gasteiger charge is 2.16. The number of hydrogen-bond donors (Lipinski definition) is 4. The number of amidine groups is 1. The molecule has 1 aromatic heterocycles. The van der Waals surface area contributed by atoms with Crippen LogP contribution in [0.3, 0.4) is 0 Å². The summed E-state index contributed by atoms with van der Waals surface area (Å²) < 4.78 is 0. The van der Waals surface area contributed by atoms with Crippen molar-refractivity contribution in [3.8, 4) is 22.4 Å². The van der Waals surface area contributed by atoms with Crippen molar-refractivity contribution in [2.75, 3.05) is 0 Å². The molecule has 0 saturated heterocycles. The van der Waals surface area contributed by atoms with Crippen LogP contribution in [0.1, 0.15) is 22.3 Å². The number of hydrogen-bond acceptors (Lipinski definition) is 4. The minimum absolute atomic E-state index is 0.0223. The highest BCUT2D eigenvalue weighted by molar-refractivity contribution is 6.03. The molecule has 0 fully saturated rings. The van der Waals surface area contributed by atoms with E-state index < -0.39 is 0 Å². The first-order chi connectivity index (χ1) is 15.5. The van der Waals surface area contributed by atoms with Crippen LogP contribution in [0, 0.1) is 6.92 Å². The fraction of sp³-hybridized carbons (Fsp3) is 0.0769. The fourth-order valence-electron chi connectivity index (χ4n) is 3.69. The molecule has 4 rings (SSSR count). The largest absolute Gasteiger partial charge is 0.382 e. The summed E-state index contributed by atoms with van der Waals surface area (Å²) in [6.07, 6.45) is 0.851. The van der Waals surface area contributed by atoms with E-state index in [1.165, 1.54) is 11.1 Å². The quantitative estimate of drug-likeness (QED) is 0.164. The number of benzene rings is 3. The zero-order valence-corrected chi connectivity index (χ0v) is 17.8. The van der Waals surface area contributed by atoms with Crippen LogP contribution >= 0.6 is 0 Å². The maximum Gasteiger partial charge on any atom is 0.260 e. The molecule has 6 heteroatoms. The lowest BCUT2D eigenvalue weighted by Gasteiger charge is -2.12. The molecule has 0 aliphatic heterocycles. The van der Waals surface area contributed by atoms with Crippen molar-refractivity contribution >= 4 is 5.84 Å². The van der Waals surface area contributed by atoms with Gasteiger partial charge in [0.1, 0.15) is 0 Å². The zero-order chi connectivity index (χ0) is 22.5. The van der Waals surface area contributed by atoms with Crippen molar-refractivity contribution in [1.82, 2.24) is 10.5 Å². The van der Waals surface area contributed by atoms with Gasteiger partial charge in [-0.15, -0.1) is 5.10 Å². The van der Waals surface area contributed by atoms with Crippen LogP contribution in [-0.4, -0.2) is 10.8 Å². The van der Waals surface area contributed by atoms with Crippen molar-refractivity contribution in [3.63, 3.8) is 0 Å². The first-order valence-corrected chi connectivity index (χ1v) is 10.3. The fourth-order valence-corrected chi connectivity index (χ4v) is 3.69. The molecule has 6 N–H and O–H groups in total. The van der Waals surface area contributed by atoms with Crippen molar-refractivity contribution in [3.05, 3.63) is 118 Å². The number of nitrogens with zero attached hydrogens (tertiary/aromatic N) is 1. The lowest BCUT2D eigenvalue weighted by atomic mass is 9.96. The summed E-state index contributed by atoms with van der Waals surface area (Å²) >= 11 is 0. The Morgan fingerprint density at radius 3 is 2.19 bits per heavy atom. The Hall–Kier alpha value is -4.16. The molecule has 0 bridgehead atoms. The Labute approximate surface area is 186 Å². The summed E-state index contributed by atoms with van der Waals surface area (Å²) in [6, 6.07) is 28.3. The van der Waals surface area contributed by atoms with E-state index in [0.29, 0.717) is 11.3 Å². The molecule has 3 aromatic carbocycles. The predicted molar refractivity (Wildman–Crippen MR) is 130 cm³/mol. The van der Waals surface area contributed by atoms with Crippen LogP contribution < -0.4 is 22.7 Å². The van der Waals surface area contributed by atoms with E-state index in [2.05, 4.69) is 39.9 Å². The Morgan fingerprint density at radius 2 is 1.53 bits per heavy atom. The summed E-state index contributed by atoms with van der Waals surface area (Å²) in [5, 5.41) is 3.82. The number of hydrazone groups is 1. The highest BCUT2D eigenvalue weighted by atomic mass is 16.1. The zero-order valence-electron chi connectivity index (χ0n) is 17.8. The molecular formula is C26H25N5O. The third-order valence-corrected chi connectivity index (χ3v) is 5.35. The van der Waals surface area contributed by atoms with Gasteiger partial charge in [0, 0.05) is 11.3 Å². The van der Waals surface area contributed by atoms with Crippen molar-refractivity contribution in [2.45, 2.75) is 13.3 Å². The number of aromatic amines is 1. The smallest absolute Gasteiger partial charge is 0.260 e. The van der Waals surface area contributed by atoms with Crippen LogP contribution in [0.2, 0.25) is 0 Å². The van der Waals surface area contributed by atoms with Crippen molar-refractivity contribution in [1.29, 1.82) is 0 Å². The van der Waals surface area contributed by atoms with E-state index in [4.69, 9.17) is 11.6 Å². The normalized spacial score (nSPS) is 11.4. The number of aryl methyl sites for hydroxylation is 1. The van der Waals surface area contributed by atoms with Gasteiger partial charge in [-0.25, -0.2) is 11.4 Å². The Kier molecular flexibility index (Phi) is 6.14. The first kappa shape index (κ1) is 21.1. The van der Waals surface area contributed by atoms with Gasteiger partial charge in [-0.05, 0) is 41.7 Å². The molecule has 0 radical (unpaired) electrons. The van der Waals surface area contributed by atoms with Crippen molar-refractivity contribution in [2.24, 2.45) is 16.7 Å². The van der Waals surface area contributed by atoms with E-state index >= 15 is 0 Å². The van der Waals surface area contributed by atoms with E-state index in [-0.39, 0.29) is 17.0 Å². The maximum atomic E-state index is 13.0. The molecule has 0 saturated carbocycles. The number of H-pyrrole nitrogens is 1. The molecule has 0 amide bonds. The summed E-state index contributed by atoms with van der Waals surface area (Å²) in [4.78, 5) is 16.0. The number of aromatic nitrogens is 1. The predicted octanol–water partition coefficient (Wildman–Crippen LogP) is 3.69. The molecule has 160 valence electrons. The van der Waals surface area contributed by atoms with E-state index in [1.54, 1.807) is 0 Å². The van der Waals surface area contributed by atoms with E-state index in [9.17, 15) is 4.79 Å². The maximum absolute atomic E-state index is 13.0. The van der Waals surface area contributed by atoms with Crippen LogP contribution in [-0.2, 0) is 6.42 Å². The monoisotopic (exact) mass is 423 g/mol. The number of nitrogens with one attached hydrogen (secondary N) is 2. The minimum Gasteiger partial charge on any atom is -0.382 e. The van der Waals surface area contributed by atoms with Gasteiger partial charge in [0.25, 0.3) is 5.56 Å². The summed E-state index contributed by atoms with van der Waals surface area (Å²) in [7, 11) is 0. The molecule has 4 aromatic rings. The number of nitrogens with two attached hydrogens (primary N) is 2. The van der Waals surface area contributed by atoms with Gasteiger partial charge >= 0.3 is 0 Å². The second-order valence-corrected chi connectivity index (χ2v) is 7.65. The lowest BCUT2D eigenvalue weighted by Crippen LogP contribution is -2.29. The van der Waals surface area contributed by atoms with Gasteiger partial charge < -0.3 is 10.7 Å². The molecule has 6 nitrogen and oxygen atoms in total. The third-order valence-electron chi connectivity index (χ3n) is 5.35. The highest BCUT2D eigenvalue weighted by Crippen LogP contribution is 2.27. The van der Waals surface area contributed by atoms with Gasteiger partial charge in [0.05, 0.1) is 5.56 Å². The van der Waals surface area contributed by atoms with Crippen LogP contribution in [0.5, 0.6) is 0 Å². The topological polar surface area (TPSA) is 109 Å². The van der Waals surface area contributed by atoms with Gasteiger partial charge in [-0.2, -0.15) is 0 Å². The summed E-state index contributed by atoms with van der Waals surface area (Å²) in [6.45, 7) is 2.01. The Balaban J connectivity index is 1.75. The average molecular weight is 424 g/mol. The molecule has 0 aliphatic rings. The van der Waals surface area contributed by atoms with E-state index in [0.717, 1.165) is 23.1 Å². The lowest BCUT2D eigenvalue weighted by molar-refractivity contribution is 0.803. The van der Waals surface area contributed by atoms with Crippen LogP contribution in [0.4, 0.5) is 0 Å². The van der Waals surface area contributed by atoms with E-state index in [1.807, 2.05) is 67.6 Å². The number of rotatable bonds is 6. The SMILES string of the molecule is Cc1ccc(-c2cc(-c3ccc(Cc4ccccc4)cc3)[nH]c(=O)c2/C(N)=N/NN)cc1. The van der Waals surface area contributed by atoms with Gasteiger partial charge in [0.2, 0.25) is 0 Å². The summed E-state index contributed by atoms with van der Waals surface area (Å²) in [5.41, 5.74) is 14.9. The molecular weight excluding hydrogens is 398 g/mol. The minimum atomic E-state index is -0.331.